The Morgan fingerprint density at radius 2 is 1.54 bits per heavy atom. The molecule has 0 amide bonds. The fourth-order valence-electron chi connectivity index (χ4n) is 3.51. The third-order valence-electron chi connectivity index (χ3n) is 4.61. The SMILES string of the molecule is CN(c1ccc2nnnn2n1)C1c2ccccc2-c2ccccc21. The van der Waals surface area contributed by atoms with Crippen molar-refractivity contribution < 1.29 is 0 Å². The molecule has 1 aliphatic rings. The molecule has 0 atom stereocenters. The van der Waals surface area contributed by atoms with Gasteiger partial charge in [0.2, 0.25) is 0 Å². The predicted octanol–water partition coefficient (Wildman–Crippen LogP) is 2.73. The van der Waals surface area contributed by atoms with E-state index in [4.69, 9.17) is 0 Å². The van der Waals surface area contributed by atoms with Gasteiger partial charge in [-0.05, 0) is 44.8 Å². The van der Waals surface area contributed by atoms with Gasteiger partial charge < -0.3 is 4.90 Å². The van der Waals surface area contributed by atoms with E-state index in [0.29, 0.717) is 5.65 Å². The molecule has 0 radical (unpaired) electrons. The van der Waals surface area contributed by atoms with Gasteiger partial charge in [-0.2, -0.15) is 0 Å². The van der Waals surface area contributed by atoms with E-state index in [0.717, 1.165) is 5.82 Å². The van der Waals surface area contributed by atoms with Crippen LogP contribution in [0.5, 0.6) is 0 Å². The number of benzene rings is 2. The minimum absolute atomic E-state index is 0.124. The zero-order chi connectivity index (χ0) is 16.1. The van der Waals surface area contributed by atoms with Crippen molar-refractivity contribution in [3.05, 3.63) is 71.8 Å². The van der Waals surface area contributed by atoms with Gasteiger partial charge in [-0.25, -0.2) is 0 Å². The summed E-state index contributed by atoms with van der Waals surface area (Å²) in [5, 5.41) is 16.0. The lowest BCUT2D eigenvalue weighted by molar-refractivity contribution is 0.704. The Balaban J connectivity index is 1.67. The minimum atomic E-state index is 0.124. The second-order valence-corrected chi connectivity index (χ2v) is 5.91. The molecular formula is C18H14N6. The monoisotopic (exact) mass is 314 g/mol. The van der Waals surface area contributed by atoms with Crippen molar-refractivity contribution >= 4 is 11.5 Å². The van der Waals surface area contributed by atoms with Crippen LogP contribution >= 0.6 is 0 Å². The molecule has 2 aromatic heterocycles. The largest absolute Gasteiger partial charge is 0.347 e. The predicted molar refractivity (Wildman–Crippen MR) is 90.7 cm³/mol. The van der Waals surface area contributed by atoms with Gasteiger partial charge in [0.15, 0.2) is 11.5 Å². The summed E-state index contributed by atoms with van der Waals surface area (Å²) in [6.45, 7) is 0. The lowest BCUT2D eigenvalue weighted by atomic mass is 10.0. The number of fused-ring (bicyclic) bond motifs is 4. The Hall–Kier alpha value is -3.28. The Bertz CT molecular complexity index is 1010. The Morgan fingerprint density at radius 1 is 0.875 bits per heavy atom. The second-order valence-electron chi connectivity index (χ2n) is 5.91. The first kappa shape index (κ1) is 13.2. The van der Waals surface area contributed by atoms with Crippen LogP contribution < -0.4 is 4.90 Å². The average Bonchev–Trinajstić information content (AvgIpc) is 3.23. The van der Waals surface area contributed by atoms with Crippen LogP contribution in [-0.4, -0.2) is 32.3 Å². The molecule has 6 nitrogen and oxygen atoms in total. The highest BCUT2D eigenvalue weighted by atomic mass is 15.6. The molecule has 1 aliphatic carbocycles. The summed E-state index contributed by atoms with van der Waals surface area (Å²) < 4.78 is 1.46. The second kappa shape index (κ2) is 4.86. The van der Waals surface area contributed by atoms with E-state index in [1.165, 1.54) is 26.9 Å². The molecule has 4 aromatic rings. The third kappa shape index (κ3) is 1.76. The van der Waals surface area contributed by atoms with E-state index in [2.05, 4.69) is 81.1 Å². The van der Waals surface area contributed by atoms with Gasteiger partial charge in [0, 0.05) is 7.05 Å². The Kier molecular flexibility index (Phi) is 2.67. The first-order chi connectivity index (χ1) is 11.8. The molecule has 0 bridgehead atoms. The summed E-state index contributed by atoms with van der Waals surface area (Å²) in [4.78, 5) is 2.17. The minimum Gasteiger partial charge on any atom is -0.347 e. The van der Waals surface area contributed by atoms with Crippen LogP contribution in [0, 0.1) is 0 Å². The molecule has 0 saturated carbocycles. The van der Waals surface area contributed by atoms with Crippen molar-refractivity contribution in [1.29, 1.82) is 0 Å². The van der Waals surface area contributed by atoms with Crippen molar-refractivity contribution in [1.82, 2.24) is 25.3 Å². The van der Waals surface area contributed by atoms with E-state index in [1.54, 1.807) is 0 Å². The zero-order valence-electron chi connectivity index (χ0n) is 13.0. The van der Waals surface area contributed by atoms with E-state index < -0.39 is 0 Å². The van der Waals surface area contributed by atoms with E-state index in [-0.39, 0.29) is 6.04 Å². The first-order valence-electron chi connectivity index (χ1n) is 7.79. The molecular weight excluding hydrogens is 300 g/mol. The number of aromatic nitrogens is 5. The van der Waals surface area contributed by atoms with Crippen molar-refractivity contribution in [2.45, 2.75) is 6.04 Å². The van der Waals surface area contributed by atoms with E-state index in [1.807, 2.05) is 12.1 Å². The fourth-order valence-corrected chi connectivity index (χ4v) is 3.51. The van der Waals surface area contributed by atoms with Gasteiger partial charge >= 0.3 is 0 Å². The number of anilines is 1. The highest BCUT2D eigenvalue weighted by Crippen LogP contribution is 2.46. The first-order valence-corrected chi connectivity index (χ1v) is 7.79. The number of hydrogen-bond donors (Lipinski definition) is 0. The summed E-state index contributed by atoms with van der Waals surface area (Å²) in [6.07, 6.45) is 0. The van der Waals surface area contributed by atoms with Gasteiger partial charge in [-0.3, -0.25) is 0 Å². The lowest BCUT2D eigenvalue weighted by Gasteiger charge is -2.27. The maximum Gasteiger partial charge on any atom is 0.200 e. The Labute approximate surface area is 138 Å². The van der Waals surface area contributed by atoms with E-state index in [9.17, 15) is 0 Å². The normalized spacial score (nSPS) is 13.0. The van der Waals surface area contributed by atoms with Crippen LogP contribution in [0.3, 0.4) is 0 Å². The molecule has 0 N–H and O–H groups in total. The van der Waals surface area contributed by atoms with Crippen LogP contribution in [0.15, 0.2) is 60.7 Å². The van der Waals surface area contributed by atoms with Crippen LogP contribution in [0.25, 0.3) is 16.8 Å². The number of tetrazole rings is 1. The number of nitrogens with zero attached hydrogens (tertiary/aromatic N) is 6. The van der Waals surface area contributed by atoms with Gasteiger partial charge in [0.1, 0.15) is 0 Å². The third-order valence-corrected chi connectivity index (χ3v) is 4.61. The van der Waals surface area contributed by atoms with Crippen molar-refractivity contribution in [2.75, 3.05) is 11.9 Å². The van der Waals surface area contributed by atoms with Crippen molar-refractivity contribution in [3.8, 4) is 11.1 Å². The smallest absolute Gasteiger partial charge is 0.200 e. The molecule has 24 heavy (non-hydrogen) atoms. The molecule has 116 valence electrons. The lowest BCUT2D eigenvalue weighted by Crippen LogP contribution is -2.25. The van der Waals surface area contributed by atoms with Crippen LogP contribution in [0.2, 0.25) is 0 Å². The van der Waals surface area contributed by atoms with Crippen LogP contribution in [0.4, 0.5) is 5.82 Å². The summed E-state index contributed by atoms with van der Waals surface area (Å²) in [6, 6.07) is 21.0. The maximum atomic E-state index is 4.53. The molecule has 0 unspecified atom stereocenters. The van der Waals surface area contributed by atoms with Gasteiger partial charge in [0.25, 0.3) is 0 Å². The summed E-state index contributed by atoms with van der Waals surface area (Å²) in [5.74, 6) is 0.825. The Morgan fingerprint density at radius 3 is 2.25 bits per heavy atom. The highest BCUT2D eigenvalue weighted by molar-refractivity contribution is 5.80. The maximum absolute atomic E-state index is 4.53. The van der Waals surface area contributed by atoms with Crippen LogP contribution in [0.1, 0.15) is 17.2 Å². The van der Waals surface area contributed by atoms with E-state index >= 15 is 0 Å². The molecule has 2 aromatic carbocycles. The molecule has 2 heterocycles. The summed E-state index contributed by atoms with van der Waals surface area (Å²) in [5.41, 5.74) is 5.79. The zero-order valence-corrected chi connectivity index (χ0v) is 13.0. The highest BCUT2D eigenvalue weighted by Gasteiger charge is 2.31. The molecule has 0 aliphatic heterocycles. The molecule has 0 saturated heterocycles. The van der Waals surface area contributed by atoms with Crippen LogP contribution in [-0.2, 0) is 0 Å². The molecule has 5 rings (SSSR count). The summed E-state index contributed by atoms with van der Waals surface area (Å²) in [7, 11) is 2.06. The van der Waals surface area contributed by atoms with Gasteiger partial charge in [-0.1, -0.05) is 48.5 Å². The standard InChI is InChI=1S/C18H14N6/c1-23(17-11-10-16-19-21-22-24(16)20-17)18-14-8-4-2-6-12(14)13-7-3-5-9-15(13)18/h2-11,18H,1H3. The average molecular weight is 314 g/mol. The number of rotatable bonds is 2. The van der Waals surface area contributed by atoms with Gasteiger partial charge in [-0.15, -0.1) is 14.8 Å². The topological polar surface area (TPSA) is 59.2 Å². The quantitative estimate of drug-likeness (QED) is 0.569. The van der Waals surface area contributed by atoms with Crippen molar-refractivity contribution in [2.24, 2.45) is 0 Å². The fraction of sp³-hybridized carbons (Fsp3) is 0.111. The molecule has 6 heteroatoms. The molecule has 0 fully saturated rings. The van der Waals surface area contributed by atoms with Gasteiger partial charge in [0.05, 0.1) is 6.04 Å². The summed E-state index contributed by atoms with van der Waals surface area (Å²) >= 11 is 0. The van der Waals surface area contributed by atoms with Crippen molar-refractivity contribution in [3.63, 3.8) is 0 Å². The number of hydrogen-bond acceptors (Lipinski definition) is 5. The molecule has 0 spiro atoms.